The Kier molecular flexibility index (Phi) is 6.22. The van der Waals surface area contributed by atoms with Gasteiger partial charge in [-0.1, -0.05) is 0 Å². The molecule has 148 valence electrons. The van der Waals surface area contributed by atoms with Crippen LogP contribution in [-0.2, 0) is 22.4 Å². The van der Waals surface area contributed by atoms with E-state index in [2.05, 4.69) is 25.8 Å². The maximum absolute atomic E-state index is 10.8. The summed E-state index contributed by atoms with van der Waals surface area (Å²) in [5, 5.41) is 0.271. The standard InChI is InChI=1S/C16H22ClN5O3S2/c17-16-18-13-9-12(10-20-1-3-21(4-2-20)11-27(23)24)26-14(13)15(19-16)22-5-7-25-8-6-22/h9H,1-8,10-11H2,(H,23,24)/p-1. The molecule has 4 heterocycles. The van der Waals surface area contributed by atoms with Gasteiger partial charge in [0, 0.05) is 50.7 Å². The second-order valence-corrected chi connectivity index (χ2v) is 9.01. The topological polar surface area (TPSA) is 84.9 Å². The van der Waals surface area contributed by atoms with E-state index < -0.39 is 11.1 Å². The quantitative estimate of drug-likeness (QED) is 0.515. The maximum atomic E-state index is 10.8. The Bertz CT molecular complexity index is 822. The number of halogens is 1. The minimum Gasteiger partial charge on any atom is -0.771 e. The van der Waals surface area contributed by atoms with Crippen LogP contribution in [0, 0.1) is 0 Å². The second kappa shape index (κ2) is 8.64. The molecular formula is C16H21ClN5O3S2-. The van der Waals surface area contributed by atoms with Gasteiger partial charge in [-0.15, -0.1) is 11.3 Å². The van der Waals surface area contributed by atoms with Gasteiger partial charge in [0.25, 0.3) is 0 Å². The molecule has 11 heteroatoms. The lowest BCUT2D eigenvalue weighted by atomic mass is 10.3. The number of thiophene rings is 1. The fraction of sp³-hybridized carbons (Fsp3) is 0.625. The first-order valence-corrected chi connectivity index (χ1v) is 11.3. The van der Waals surface area contributed by atoms with Crippen molar-refractivity contribution in [1.82, 2.24) is 19.8 Å². The van der Waals surface area contributed by atoms with Crippen molar-refractivity contribution in [3.05, 3.63) is 16.2 Å². The van der Waals surface area contributed by atoms with Gasteiger partial charge in [0.2, 0.25) is 5.28 Å². The number of nitrogens with zero attached hydrogens (tertiary/aromatic N) is 5. The highest BCUT2D eigenvalue weighted by Crippen LogP contribution is 2.34. The van der Waals surface area contributed by atoms with Crippen LogP contribution in [0.3, 0.4) is 0 Å². The van der Waals surface area contributed by atoms with Gasteiger partial charge < -0.3 is 14.2 Å². The van der Waals surface area contributed by atoms with Crippen LogP contribution in [0.25, 0.3) is 10.2 Å². The van der Waals surface area contributed by atoms with Crippen molar-refractivity contribution in [1.29, 1.82) is 0 Å². The predicted molar refractivity (Wildman–Crippen MR) is 106 cm³/mol. The lowest BCUT2D eigenvalue weighted by molar-refractivity contribution is 0.122. The number of anilines is 1. The Morgan fingerprint density at radius 3 is 2.56 bits per heavy atom. The summed E-state index contributed by atoms with van der Waals surface area (Å²) in [5.74, 6) is 1.01. The highest BCUT2D eigenvalue weighted by atomic mass is 35.5. The molecule has 8 nitrogen and oxygen atoms in total. The molecule has 2 aromatic rings. The zero-order valence-electron chi connectivity index (χ0n) is 14.8. The third-order valence-electron chi connectivity index (χ3n) is 4.82. The summed E-state index contributed by atoms with van der Waals surface area (Å²) < 4.78 is 28.2. The van der Waals surface area contributed by atoms with Gasteiger partial charge in [0.15, 0.2) is 5.82 Å². The zero-order valence-corrected chi connectivity index (χ0v) is 17.2. The molecule has 27 heavy (non-hydrogen) atoms. The predicted octanol–water partition coefficient (Wildman–Crippen LogP) is 1.14. The molecule has 0 bridgehead atoms. The molecule has 1 atom stereocenters. The third kappa shape index (κ3) is 4.76. The van der Waals surface area contributed by atoms with E-state index >= 15 is 0 Å². The summed E-state index contributed by atoms with van der Waals surface area (Å²) in [4.78, 5) is 16.6. The molecule has 0 aliphatic carbocycles. The van der Waals surface area contributed by atoms with E-state index in [1.807, 2.05) is 4.90 Å². The van der Waals surface area contributed by atoms with Crippen molar-refractivity contribution < 1.29 is 13.5 Å². The number of ether oxygens (including phenoxy) is 1. The number of hydrogen-bond acceptors (Lipinski definition) is 9. The largest absolute Gasteiger partial charge is 0.771 e. The van der Waals surface area contributed by atoms with Crippen LogP contribution in [0.5, 0.6) is 0 Å². The molecule has 1 unspecified atom stereocenters. The van der Waals surface area contributed by atoms with Crippen LogP contribution in [0.4, 0.5) is 5.82 Å². The van der Waals surface area contributed by atoms with Crippen LogP contribution in [0.2, 0.25) is 5.28 Å². The number of piperazine rings is 1. The van der Waals surface area contributed by atoms with Crippen LogP contribution in [-0.4, -0.2) is 86.9 Å². The van der Waals surface area contributed by atoms with Gasteiger partial charge >= 0.3 is 0 Å². The molecule has 0 amide bonds. The van der Waals surface area contributed by atoms with E-state index in [0.717, 1.165) is 61.8 Å². The Morgan fingerprint density at radius 1 is 1.15 bits per heavy atom. The Balaban J connectivity index is 1.48. The van der Waals surface area contributed by atoms with Crippen LogP contribution in [0.1, 0.15) is 4.88 Å². The highest BCUT2D eigenvalue weighted by Gasteiger charge is 2.21. The molecule has 0 aromatic carbocycles. The fourth-order valence-electron chi connectivity index (χ4n) is 3.45. The number of aromatic nitrogens is 2. The summed E-state index contributed by atoms with van der Waals surface area (Å²) in [6.07, 6.45) is 0. The molecule has 2 saturated heterocycles. The number of hydrogen-bond donors (Lipinski definition) is 0. The van der Waals surface area contributed by atoms with Gasteiger partial charge in [0.1, 0.15) is 0 Å². The van der Waals surface area contributed by atoms with E-state index in [4.69, 9.17) is 16.3 Å². The van der Waals surface area contributed by atoms with Crippen LogP contribution < -0.4 is 4.90 Å². The van der Waals surface area contributed by atoms with Gasteiger partial charge in [-0.25, -0.2) is 4.98 Å². The molecule has 0 spiro atoms. The van der Waals surface area contributed by atoms with E-state index in [1.54, 1.807) is 11.3 Å². The van der Waals surface area contributed by atoms with Crippen LogP contribution in [0.15, 0.2) is 6.07 Å². The lowest BCUT2D eigenvalue weighted by Crippen LogP contribution is -2.46. The Hall–Kier alpha value is -0.880. The molecule has 2 aliphatic heterocycles. The van der Waals surface area contributed by atoms with Crippen molar-refractivity contribution in [2.45, 2.75) is 6.54 Å². The highest BCUT2D eigenvalue weighted by molar-refractivity contribution is 7.79. The summed E-state index contributed by atoms with van der Waals surface area (Å²) in [5.41, 5.74) is 0.886. The molecule has 0 saturated carbocycles. The van der Waals surface area contributed by atoms with Crippen molar-refractivity contribution in [3.63, 3.8) is 0 Å². The molecule has 2 aliphatic rings. The van der Waals surface area contributed by atoms with Crippen molar-refractivity contribution in [3.8, 4) is 0 Å². The zero-order chi connectivity index (χ0) is 18.8. The number of rotatable bonds is 5. The summed E-state index contributed by atoms with van der Waals surface area (Å²) in [6, 6.07) is 2.09. The first kappa shape index (κ1) is 19.4. The third-order valence-corrected chi connectivity index (χ3v) is 6.67. The molecule has 4 rings (SSSR count). The van der Waals surface area contributed by atoms with E-state index in [1.165, 1.54) is 4.88 Å². The average Bonchev–Trinajstić information content (AvgIpc) is 3.05. The van der Waals surface area contributed by atoms with Crippen molar-refractivity contribution in [2.75, 3.05) is 63.3 Å². The van der Waals surface area contributed by atoms with Gasteiger partial charge in [-0.2, -0.15) is 4.98 Å². The number of morpholine rings is 1. The summed E-state index contributed by atoms with van der Waals surface area (Å²) >= 11 is 5.86. The summed E-state index contributed by atoms with van der Waals surface area (Å²) in [6.45, 7) is 7.07. The molecule has 0 radical (unpaired) electrons. The molecule has 2 aromatic heterocycles. The van der Waals surface area contributed by atoms with Crippen molar-refractivity contribution >= 4 is 50.1 Å². The Morgan fingerprint density at radius 2 is 1.85 bits per heavy atom. The van der Waals surface area contributed by atoms with Crippen LogP contribution >= 0.6 is 22.9 Å². The molecule has 2 fully saturated rings. The van der Waals surface area contributed by atoms with Crippen molar-refractivity contribution in [2.24, 2.45) is 0 Å². The van der Waals surface area contributed by atoms with Gasteiger partial charge in [-0.05, 0) is 28.7 Å². The second-order valence-electron chi connectivity index (χ2n) is 6.67. The summed E-state index contributed by atoms with van der Waals surface area (Å²) in [7, 11) is 0. The monoisotopic (exact) mass is 430 g/mol. The molecule has 0 N–H and O–H groups in total. The minimum absolute atomic E-state index is 0.119. The average molecular weight is 431 g/mol. The van der Waals surface area contributed by atoms with E-state index in [0.29, 0.717) is 13.2 Å². The van der Waals surface area contributed by atoms with Gasteiger partial charge in [0.05, 0.1) is 29.3 Å². The van der Waals surface area contributed by atoms with Gasteiger partial charge in [-0.3, -0.25) is 14.0 Å². The van der Waals surface area contributed by atoms with E-state index in [9.17, 15) is 8.76 Å². The lowest BCUT2D eigenvalue weighted by Gasteiger charge is -2.34. The SMILES string of the molecule is O=S([O-])CN1CCN(Cc2cc3nc(Cl)nc(N4CCOCC4)c3s2)CC1. The normalized spacial score (nSPS) is 21.0. The maximum Gasteiger partial charge on any atom is 0.224 e. The Labute approximate surface area is 169 Å². The molecular weight excluding hydrogens is 410 g/mol. The van der Waals surface area contributed by atoms with E-state index in [-0.39, 0.29) is 11.2 Å². The first-order valence-electron chi connectivity index (χ1n) is 8.88. The fourth-order valence-corrected chi connectivity index (χ4v) is 5.33. The number of fused-ring (bicyclic) bond motifs is 1. The smallest absolute Gasteiger partial charge is 0.224 e. The first-order chi connectivity index (χ1) is 13.1. The minimum atomic E-state index is -2.01.